The van der Waals surface area contributed by atoms with Crippen molar-refractivity contribution >= 4 is 16.7 Å². The van der Waals surface area contributed by atoms with Gasteiger partial charge in [-0.05, 0) is 46.7 Å². The van der Waals surface area contributed by atoms with Crippen molar-refractivity contribution in [2.24, 2.45) is 0 Å². The van der Waals surface area contributed by atoms with Gasteiger partial charge < -0.3 is 5.32 Å². The molecule has 0 aliphatic carbocycles. The van der Waals surface area contributed by atoms with Crippen LogP contribution in [0.15, 0.2) is 79.1 Å². The number of benzene rings is 3. The van der Waals surface area contributed by atoms with E-state index in [0.717, 1.165) is 21.9 Å². The van der Waals surface area contributed by atoms with Gasteiger partial charge in [-0.25, -0.2) is 14.4 Å². The number of nitrogens with zero attached hydrogens (tertiary/aromatic N) is 2. The average molecular weight is 371 g/mol. The molecule has 0 radical (unpaired) electrons. The second kappa shape index (κ2) is 7.96. The summed E-state index contributed by atoms with van der Waals surface area (Å²) in [4.78, 5) is 20.9. The molecule has 0 aliphatic heterocycles. The highest BCUT2D eigenvalue weighted by Gasteiger charge is 2.08. The fourth-order valence-electron chi connectivity index (χ4n) is 3.14. The fraction of sp³-hybridized carbons (Fsp3) is 0.0870. The number of rotatable bonds is 5. The molecule has 4 aromatic rings. The summed E-state index contributed by atoms with van der Waals surface area (Å²) in [6, 6.07) is 21.9. The number of hydrogen-bond acceptors (Lipinski definition) is 3. The number of aromatic nitrogens is 2. The lowest BCUT2D eigenvalue weighted by molar-refractivity contribution is -0.120. The number of fused-ring (bicyclic) bond motifs is 1. The van der Waals surface area contributed by atoms with Gasteiger partial charge in [-0.3, -0.25) is 4.79 Å². The van der Waals surface area contributed by atoms with Crippen LogP contribution in [0.3, 0.4) is 0 Å². The van der Waals surface area contributed by atoms with Crippen molar-refractivity contribution in [2.75, 3.05) is 0 Å². The highest BCUT2D eigenvalue weighted by molar-refractivity contribution is 5.90. The molecule has 5 heteroatoms. The maximum Gasteiger partial charge on any atom is 0.224 e. The zero-order valence-electron chi connectivity index (χ0n) is 15.1. The molecule has 1 amide bonds. The van der Waals surface area contributed by atoms with Crippen molar-refractivity contribution < 1.29 is 9.18 Å². The van der Waals surface area contributed by atoms with Gasteiger partial charge in [0.2, 0.25) is 5.91 Å². The van der Waals surface area contributed by atoms with Crippen LogP contribution >= 0.6 is 0 Å². The molecule has 4 rings (SSSR count). The number of hydrogen-bond donors (Lipinski definition) is 1. The summed E-state index contributed by atoms with van der Waals surface area (Å²) in [5, 5.41) is 5.11. The van der Waals surface area contributed by atoms with Crippen LogP contribution in [-0.4, -0.2) is 15.9 Å². The summed E-state index contributed by atoms with van der Waals surface area (Å²) in [5.74, 6) is -0.364. The van der Waals surface area contributed by atoms with E-state index < -0.39 is 0 Å². The summed E-state index contributed by atoms with van der Waals surface area (Å²) in [7, 11) is 0. The third-order valence-electron chi connectivity index (χ3n) is 4.56. The van der Waals surface area contributed by atoms with Crippen LogP contribution in [0.2, 0.25) is 0 Å². The number of nitrogens with one attached hydrogen (secondary N) is 1. The van der Waals surface area contributed by atoms with Gasteiger partial charge >= 0.3 is 0 Å². The molecule has 0 atom stereocenters. The van der Waals surface area contributed by atoms with Crippen molar-refractivity contribution in [3.8, 4) is 11.3 Å². The Bertz CT molecular complexity index is 1120. The van der Waals surface area contributed by atoms with Crippen molar-refractivity contribution in [2.45, 2.75) is 13.0 Å². The third kappa shape index (κ3) is 4.04. The second-order valence-electron chi connectivity index (χ2n) is 6.49. The Morgan fingerprint density at radius 2 is 1.71 bits per heavy atom. The highest BCUT2D eigenvalue weighted by atomic mass is 19.1. The van der Waals surface area contributed by atoms with Gasteiger partial charge in [0.1, 0.15) is 12.1 Å². The molecule has 1 heterocycles. The van der Waals surface area contributed by atoms with Crippen LogP contribution in [0.1, 0.15) is 11.3 Å². The predicted molar refractivity (Wildman–Crippen MR) is 107 cm³/mol. The van der Waals surface area contributed by atoms with E-state index >= 15 is 0 Å². The summed E-state index contributed by atoms with van der Waals surface area (Å²) >= 11 is 0. The number of halogens is 1. The zero-order valence-corrected chi connectivity index (χ0v) is 15.1. The zero-order chi connectivity index (χ0) is 19.3. The van der Waals surface area contributed by atoms with Crippen molar-refractivity contribution in [1.29, 1.82) is 0 Å². The number of carbonyl (C=O) groups excluding carboxylic acids is 1. The van der Waals surface area contributed by atoms with Crippen LogP contribution in [-0.2, 0) is 17.8 Å². The molecule has 3 aromatic carbocycles. The molecule has 138 valence electrons. The van der Waals surface area contributed by atoms with Gasteiger partial charge in [0.25, 0.3) is 0 Å². The van der Waals surface area contributed by atoms with Gasteiger partial charge in [-0.2, -0.15) is 0 Å². The first kappa shape index (κ1) is 17.8. The van der Waals surface area contributed by atoms with Crippen LogP contribution in [0.4, 0.5) is 4.39 Å². The van der Waals surface area contributed by atoms with Gasteiger partial charge in [-0.15, -0.1) is 0 Å². The molecule has 28 heavy (non-hydrogen) atoms. The van der Waals surface area contributed by atoms with Crippen LogP contribution in [0.25, 0.3) is 22.0 Å². The van der Waals surface area contributed by atoms with Crippen LogP contribution in [0, 0.1) is 5.82 Å². The Hall–Kier alpha value is -3.60. The maximum absolute atomic E-state index is 13.1. The lowest BCUT2D eigenvalue weighted by Crippen LogP contribution is -2.25. The van der Waals surface area contributed by atoms with Gasteiger partial charge in [0.05, 0.1) is 24.4 Å². The molecule has 1 N–H and O–H groups in total. The first-order chi connectivity index (χ1) is 13.7. The van der Waals surface area contributed by atoms with E-state index in [1.807, 2.05) is 42.5 Å². The molecular formula is C23H18FN3O. The largest absolute Gasteiger partial charge is 0.350 e. The Balaban J connectivity index is 1.43. The topological polar surface area (TPSA) is 54.9 Å². The summed E-state index contributed by atoms with van der Waals surface area (Å²) in [5.41, 5.74) is 3.17. The Labute approximate surface area is 162 Å². The van der Waals surface area contributed by atoms with Gasteiger partial charge in [0.15, 0.2) is 0 Å². The fourth-order valence-corrected chi connectivity index (χ4v) is 3.14. The first-order valence-electron chi connectivity index (χ1n) is 8.99. The van der Waals surface area contributed by atoms with Crippen LogP contribution < -0.4 is 5.32 Å². The Morgan fingerprint density at radius 1 is 0.929 bits per heavy atom. The minimum atomic E-state index is -0.293. The first-order valence-corrected chi connectivity index (χ1v) is 8.99. The summed E-state index contributed by atoms with van der Waals surface area (Å²) in [6.45, 7) is 0.306. The van der Waals surface area contributed by atoms with E-state index in [4.69, 9.17) is 0 Å². The molecule has 0 saturated carbocycles. The van der Waals surface area contributed by atoms with Crippen molar-refractivity contribution in [3.05, 3.63) is 96.2 Å². The van der Waals surface area contributed by atoms with E-state index in [9.17, 15) is 9.18 Å². The molecule has 0 saturated heterocycles. The van der Waals surface area contributed by atoms with Crippen LogP contribution in [0.5, 0.6) is 0 Å². The van der Waals surface area contributed by atoms with Gasteiger partial charge in [-0.1, -0.05) is 42.5 Å². The maximum atomic E-state index is 13.1. The summed E-state index contributed by atoms with van der Waals surface area (Å²) < 4.78 is 13.1. The quantitative estimate of drug-likeness (QED) is 0.569. The Kier molecular flexibility index (Phi) is 5.06. The Morgan fingerprint density at radius 3 is 2.57 bits per heavy atom. The molecule has 0 spiro atoms. The van der Waals surface area contributed by atoms with E-state index in [2.05, 4.69) is 15.3 Å². The molecule has 0 aliphatic rings. The van der Waals surface area contributed by atoms with Crippen molar-refractivity contribution in [3.63, 3.8) is 0 Å². The standard InChI is InChI=1S/C23H18FN3O/c24-19-10-8-17(9-11-19)22-13-20(26-15-27-22)14-25-23(28)12-18-6-3-5-16-4-1-2-7-21(16)18/h1-11,13,15H,12,14H2,(H,25,28). The van der Waals surface area contributed by atoms with E-state index in [0.29, 0.717) is 24.4 Å². The monoisotopic (exact) mass is 371 g/mol. The average Bonchev–Trinajstić information content (AvgIpc) is 2.73. The highest BCUT2D eigenvalue weighted by Crippen LogP contribution is 2.19. The smallest absolute Gasteiger partial charge is 0.224 e. The lowest BCUT2D eigenvalue weighted by Gasteiger charge is -2.08. The minimum absolute atomic E-state index is 0.0710. The number of amides is 1. The van der Waals surface area contributed by atoms with E-state index in [1.165, 1.54) is 18.5 Å². The molecule has 0 bridgehead atoms. The third-order valence-corrected chi connectivity index (χ3v) is 4.56. The minimum Gasteiger partial charge on any atom is -0.350 e. The van der Waals surface area contributed by atoms with Gasteiger partial charge in [0, 0.05) is 5.56 Å². The molecule has 0 fully saturated rings. The SMILES string of the molecule is O=C(Cc1cccc2ccccc12)NCc1cc(-c2ccc(F)cc2)ncn1. The van der Waals surface area contributed by atoms with E-state index in [1.54, 1.807) is 18.2 Å². The predicted octanol–water partition coefficient (Wildman–Crippen LogP) is 4.29. The van der Waals surface area contributed by atoms with E-state index in [-0.39, 0.29) is 11.7 Å². The van der Waals surface area contributed by atoms with Crippen molar-refractivity contribution in [1.82, 2.24) is 15.3 Å². The lowest BCUT2D eigenvalue weighted by atomic mass is 10.0. The normalized spacial score (nSPS) is 10.8. The number of carbonyl (C=O) groups is 1. The summed E-state index contributed by atoms with van der Waals surface area (Å²) in [6.07, 6.45) is 1.75. The molecule has 0 unspecified atom stereocenters. The second-order valence-corrected chi connectivity index (χ2v) is 6.49. The molecule has 1 aromatic heterocycles. The molecule has 4 nitrogen and oxygen atoms in total. The molecular weight excluding hydrogens is 353 g/mol.